The van der Waals surface area contributed by atoms with Crippen LogP contribution in [0.25, 0.3) is 0 Å². The number of hydrogen-bond acceptors (Lipinski definition) is 3. The predicted octanol–water partition coefficient (Wildman–Crippen LogP) is 1.50. The first kappa shape index (κ1) is 17.2. The lowest BCUT2D eigenvalue weighted by Crippen LogP contribution is -2.45. The van der Waals surface area contributed by atoms with Crippen molar-refractivity contribution in [3.8, 4) is 0 Å². The molecule has 0 saturated carbocycles. The van der Waals surface area contributed by atoms with Crippen molar-refractivity contribution >= 4 is 5.96 Å². The highest BCUT2D eigenvalue weighted by Crippen LogP contribution is 2.24. The van der Waals surface area contributed by atoms with Crippen molar-refractivity contribution in [2.24, 2.45) is 4.99 Å². The number of nitrogens with one attached hydrogen (secondary N) is 3. The summed E-state index contributed by atoms with van der Waals surface area (Å²) < 4.78 is 5.76. The minimum atomic E-state index is -0.0774. The van der Waals surface area contributed by atoms with E-state index in [1.54, 1.807) is 0 Å². The molecule has 5 heteroatoms. The molecule has 3 N–H and O–H groups in total. The standard InChI is InChI=1S/C15H32N4O/c1-6-16-13(17-9-10-19-14(2,3)4)18-12-15(5)8-7-11-20-15/h19H,6-12H2,1-5H3,(H2,16,17,18). The topological polar surface area (TPSA) is 57.7 Å². The third-order valence-electron chi connectivity index (χ3n) is 3.29. The van der Waals surface area contributed by atoms with Gasteiger partial charge in [0.05, 0.1) is 12.1 Å². The summed E-state index contributed by atoms with van der Waals surface area (Å²) >= 11 is 0. The Morgan fingerprint density at radius 1 is 1.25 bits per heavy atom. The van der Waals surface area contributed by atoms with E-state index in [9.17, 15) is 0 Å². The lowest BCUT2D eigenvalue weighted by Gasteiger charge is -2.22. The Hall–Kier alpha value is -0.810. The summed E-state index contributed by atoms with van der Waals surface area (Å²) in [7, 11) is 0. The molecule has 1 aliphatic heterocycles. The molecule has 1 aliphatic rings. The van der Waals surface area contributed by atoms with Crippen LogP contribution in [0.4, 0.5) is 0 Å². The van der Waals surface area contributed by atoms with Gasteiger partial charge >= 0.3 is 0 Å². The summed E-state index contributed by atoms with van der Waals surface area (Å²) in [6.45, 7) is 15.0. The molecule has 20 heavy (non-hydrogen) atoms. The van der Waals surface area contributed by atoms with E-state index < -0.39 is 0 Å². The highest BCUT2D eigenvalue weighted by Gasteiger charge is 2.29. The van der Waals surface area contributed by atoms with E-state index in [0.717, 1.165) is 51.6 Å². The van der Waals surface area contributed by atoms with Crippen LogP contribution in [-0.2, 0) is 4.74 Å². The Bertz CT molecular complexity index is 303. The maximum Gasteiger partial charge on any atom is 0.191 e. The molecule has 0 radical (unpaired) electrons. The molecule has 1 fully saturated rings. The molecule has 0 amide bonds. The second-order valence-corrected chi connectivity index (χ2v) is 6.70. The monoisotopic (exact) mass is 284 g/mol. The van der Waals surface area contributed by atoms with Crippen molar-refractivity contribution in [3.63, 3.8) is 0 Å². The zero-order valence-electron chi connectivity index (χ0n) is 13.8. The van der Waals surface area contributed by atoms with Crippen molar-refractivity contribution in [2.75, 3.05) is 32.8 Å². The van der Waals surface area contributed by atoms with Crippen LogP contribution >= 0.6 is 0 Å². The molecule has 1 saturated heterocycles. The van der Waals surface area contributed by atoms with Crippen LogP contribution in [0, 0.1) is 0 Å². The summed E-state index contributed by atoms with van der Waals surface area (Å²) in [6, 6.07) is 0. The van der Waals surface area contributed by atoms with E-state index in [2.05, 4.69) is 55.6 Å². The molecule has 0 aromatic heterocycles. The fourth-order valence-corrected chi connectivity index (χ4v) is 2.17. The van der Waals surface area contributed by atoms with Gasteiger partial charge in [-0.15, -0.1) is 0 Å². The third-order valence-corrected chi connectivity index (χ3v) is 3.29. The first-order chi connectivity index (χ1) is 9.35. The van der Waals surface area contributed by atoms with Crippen LogP contribution in [0.15, 0.2) is 4.99 Å². The summed E-state index contributed by atoms with van der Waals surface area (Å²) in [4.78, 5) is 4.64. The van der Waals surface area contributed by atoms with E-state index in [1.807, 2.05) is 0 Å². The van der Waals surface area contributed by atoms with Crippen LogP contribution in [0.1, 0.15) is 47.5 Å². The average Bonchev–Trinajstić information content (AvgIpc) is 2.78. The Morgan fingerprint density at radius 3 is 2.55 bits per heavy atom. The second-order valence-electron chi connectivity index (χ2n) is 6.70. The van der Waals surface area contributed by atoms with Crippen LogP contribution in [0.5, 0.6) is 0 Å². The summed E-state index contributed by atoms with van der Waals surface area (Å²) in [6.07, 6.45) is 2.24. The molecule has 5 nitrogen and oxygen atoms in total. The van der Waals surface area contributed by atoms with E-state index in [-0.39, 0.29) is 11.1 Å². The van der Waals surface area contributed by atoms with Crippen LogP contribution in [-0.4, -0.2) is 49.9 Å². The van der Waals surface area contributed by atoms with Gasteiger partial charge in [0.2, 0.25) is 0 Å². The van der Waals surface area contributed by atoms with Crippen LogP contribution < -0.4 is 16.0 Å². The molecule has 0 spiro atoms. The van der Waals surface area contributed by atoms with Gasteiger partial charge in [-0.1, -0.05) is 0 Å². The lowest BCUT2D eigenvalue weighted by atomic mass is 10.0. The number of guanidine groups is 1. The number of aliphatic imine (C=N–C) groups is 1. The smallest absolute Gasteiger partial charge is 0.191 e. The Balaban J connectivity index is 2.35. The molecule has 0 aliphatic carbocycles. The van der Waals surface area contributed by atoms with Crippen molar-refractivity contribution in [1.29, 1.82) is 0 Å². The molecular weight excluding hydrogens is 252 g/mol. The maximum absolute atomic E-state index is 5.76. The number of nitrogens with zero attached hydrogens (tertiary/aromatic N) is 1. The number of ether oxygens (including phenoxy) is 1. The normalized spacial score (nSPS) is 23.9. The lowest BCUT2D eigenvalue weighted by molar-refractivity contribution is 0.0283. The summed E-state index contributed by atoms with van der Waals surface area (Å²) in [5.41, 5.74) is 0.0777. The largest absolute Gasteiger partial charge is 0.373 e. The molecule has 1 unspecified atom stereocenters. The fraction of sp³-hybridized carbons (Fsp3) is 0.933. The first-order valence-corrected chi connectivity index (χ1v) is 7.76. The van der Waals surface area contributed by atoms with Gasteiger partial charge in [-0.3, -0.25) is 4.99 Å². The van der Waals surface area contributed by atoms with Gasteiger partial charge < -0.3 is 20.7 Å². The van der Waals surface area contributed by atoms with E-state index in [1.165, 1.54) is 0 Å². The maximum atomic E-state index is 5.76. The van der Waals surface area contributed by atoms with Crippen molar-refractivity contribution in [1.82, 2.24) is 16.0 Å². The van der Waals surface area contributed by atoms with Crippen molar-refractivity contribution in [2.45, 2.75) is 58.6 Å². The number of hydrogen-bond donors (Lipinski definition) is 3. The van der Waals surface area contributed by atoms with Gasteiger partial charge in [0, 0.05) is 31.8 Å². The zero-order valence-corrected chi connectivity index (χ0v) is 13.8. The predicted molar refractivity (Wildman–Crippen MR) is 85.3 cm³/mol. The molecule has 0 aromatic carbocycles. The molecule has 0 bridgehead atoms. The molecule has 0 aromatic rings. The quantitative estimate of drug-likeness (QED) is 0.393. The average molecular weight is 284 g/mol. The summed E-state index contributed by atoms with van der Waals surface area (Å²) in [5.74, 6) is 0.875. The van der Waals surface area contributed by atoms with Crippen LogP contribution in [0.2, 0.25) is 0 Å². The van der Waals surface area contributed by atoms with E-state index in [4.69, 9.17) is 4.74 Å². The van der Waals surface area contributed by atoms with Gasteiger partial charge in [0.25, 0.3) is 0 Å². The van der Waals surface area contributed by atoms with Gasteiger partial charge in [-0.25, -0.2) is 0 Å². The molecular formula is C15H32N4O. The minimum absolute atomic E-state index is 0.0774. The highest BCUT2D eigenvalue weighted by molar-refractivity contribution is 5.79. The first-order valence-electron chi connectivity index (χ1n) is 7.76. The zero-order chi connectivity index (χ0) is 15.1. The fourth-order valence-electron chi connectivity index (χ4n) is 2.17. The Labute approximate surface area is 124 Å². The SMILES string of the molecule is CCNC(=NCC1(C)CCCO1)NCCNC(C)(C)C. The Morgan fingerprint density at radius 2 is 2.00 bits per heavy atom. The van der Waals surface area contributed by atoms with Crippen LogP contribution in [0.3, 0.4) is 0 Å². The second kappa shape index (κ2) is 7.84. The van der Waals surface area contributed by atoms with Gasteiger partial charge in [-0.2, -0.15) is 0 Å². The van der Waals surface area contributed by atoms with Gasteiger partial charge in [0.15, 0.2) is 5.96 Å². The van der Waals surface area contributed by atoms with Crippen molar-refractivity contribution < 1.29 is 4.74 Å². The Kier molecular flexibility index (Phi) is 6.76. The van der Waals surface area contributed by atoms with Gasteiger partial charge in [0.1, 0.15) is 0 Å². The summed E-state index contributed by atoms with van der Waals surface area (Å²) in [5, 5.41) is 10.1. The third kappa shape index (κ3) is 7.10. The molecule has 1 atom stereocenters. The van der Waals surface area contributed by atoms with E-state index in [0.29, 0.717) is 0 Å². The molecule has 1 heterocycles. The molecule has 1 rings (SSSR count). The van der Waals surface area contributed by atoms with Gasteiger partial charge in [-0.05, 0) is 47.5 Å². The minimum Gasteiger partial charge on any atom is -0.373 e. The van der Waals surface area contributed by atoms with E-state index >= 15 is 0 Å². The number of rotatable bonds is 6. The molecule has 118 valence electrons. The highest BCUT2D eigenvalue weighted by atomic mass is 16.5. The van der Waals surface area contributed by atoms with Crippen molar-refractivity contribution in [3.05, 3.63) is 0 Å².